The Bertz CT molecular complexity index is 4090. The third-order valence-corrected chi connectivity index (χ3v) is 15.1. The van der Waals surface area contributed by atoms with E-state index in [2.05, 4.69) is 312 Å². The van der Waals surface area contributed by atoms with Crippen LogP contribution in [0.15, 0.2) is 297 Å². The maximum atomic E-state index is 2.57. The van der Waals surface area contributed by atoms with E-state index in [1.54, 1.807) is 0 Å². The average Bonchev–Trinajstić information content (AvgIpc) is 3.97. The summed E-state index contributed by atoms with van der Waals surface area (Å²) in [5, 5.41) is 4.78. The minimum atomic E-state index is -0.772. The molecule has 0 fully saturated rings. The molecule has 0 N–H and O–H groups in total. The first kappa shape index (κ1) is 43.1. The molecule has 1 aliphatic rings. The number of rotatable bonds is 10. The van der Waals surface area contributed by atoms with Gasteiger partial charge in [0.1, 0.15) is 5.54 Å². The summed E-state index contributed by atoms with van der Waals surface area (Å²) in [6.07, 6.45) is 0. The van der Waals surface area contributed by atoms with Gasteiger partial charge in [-0.15, -0.1) is 0 Å². The molecule has 0 spiro atoms. The largest absolute Gasteiger partial charge is 0.323 e. The molecule has 0 amide bonds. The third kappa shape index (κ3) is 6.89. The summed E-state index contributed by atoms with van der Waals surface area (Å²) in [4.78, 5) is 5.04. The second-order valence-electron chi connectivity index (χ2n) is 19.2. The van der Waals surface area contributed by atoms with Gasteiger partial charge in [-0.3, -0.25) is 0 Å². The maximum Gasteiger partial charge on any atom is 0.122 e. The van der Waals surface area contributed by atoms with E-state index >= 15 is 0 Å². The first-order chi connectivity index (χ1) is 36.7. The molecule has 12 aromatic carbocycles. The number of hydrogen-bond acceptors (Lipinski definition) is 2. The van der Waals surface area contributed by atoms with Crippen LogP contribution in [0.4, 0.5) is 28.4 Å². The zero-order valence-corrected chi connectivity index (χ0v) is 40.6. The van der Waals surface area contributed by atoms with Gasteiger partial charge in [0.05, 0.1) is 16.7 Å². The van der Waals surface area contributed by atoms with Crippen LogP contribution >= 0.6 is 0 Å². The van der Waals surface area contributed by atoms with E-state index in [9.17, 15) is 0 Å². The van der Waals surface area contributed by atoms with Crippen LogP contribution in [0.2, 0.25) is 0 Å². The van der Waals surface area contributed by atoms with Crippen LogP contribution in [0.1, 0.15) is 16.7 Å². The number of benzene rings is 12. The average molecular weight is 944 g/mol. The molecule has 3 heteroatoms. The summed E-state index contributed by atoms with van der Waals surface area (Å²) < 4.78 is 2.52. The highest BCUT2D eigenvalue weighted by atomic mass is 15.2. The van der Waals surface area contributed by atoms with Crippen molar-refractivity contribution in [2.75, 3.05) is 9.80 Å². The van der Waals surface area contributed by atoms with Gasteiger partial charge in [0, 0.05) is 50.3 Å². The van der Waals surface area contributed by atoms with Crippen molar-refractivity contribution < 1.29 is 0 Å². The Morgan fingerprint density at radius 1 is 0.284 bits per heavy atom. The topological polar surface area (TPSA) is 11.4 Å². The Balaban J connectivity index is 1.07. The first-order valence-electron chi connectivity index (χ1n) is 25.5. The van der Waals surface area contributed by atoms with E-state index in [0.717, 1.165) is 45.2 Å². The SMILES string of the molecule is c1ccc(-c2cccc(-c3ccccc3)c2-n2c3ccccc3c3ccc(N(c4ccc5c(c4)C(c4ccccc4)(N(c4ccccc4)c4ccccc4)c4ccccc4-5)c4ccc5ccccc5c4)cc32)cc1. The molecule has 1 unspecified atom stereocenters. The van der Waals surface area contributed by atoms with Crippen LogP contribution < -0.4 is 9.80 Å². The van der Waals surface area contributed by atoms with Gasteiger partial charge in [0.2, 0.25) is 0 Å². The highest BCUT2D eigenvalue weighted by molar-refractivity contribution is 6.12. The Labute approximate surface area is 431 Å². The lowest BCUT2D eigenvalue weighted by Crippen LogP contribution is -2.44. The molecular weight excluding hydrogens is 895 g/mol. The van der Waals surface area contributed by atoms with Crippen LogP contribution in [0.3, 0.4) is 0 Å². The lowest BCUT2D eigenvalue weighted by molar-refractivity contribution is 0.644. The van der Waals surface area contributed by atoms with Crippen LogP contribution in [-0.2, 0) is 5.54 Å². The molecule has 348 valence electrons. The van der Waals surface area contributed by atoms with Gasteiger partial charge < -0.3 is 14.4 Å². The lowest BCUT2D eigenvalue weighted by atomic mass is 9.78. The van der Waals surface area contributed by atoms with Crippen molar-refractivity contribution in [1.82, 2.24) is 4.57 Å². The normalized spacial score (nSPS) is 13.7. The molecule has 0 saturated carbocycles. The molecule has 0 aliphatic heterocycles. The smallest absolute Gasteiger partial charge is 0.122 e. The van der Waals surface area contributed by atoms with E-state index in [0.29, 0.717) is 0 Å². The quantitative estimate of drug-likeness (QED) is 0.135. The van der Waals surface area contributed by atoms with Crippen molar-refractivity contribution in [2.45, 2.75) is 5.54 Å². The summed E-state index contributed by atoms with van der Waals surface area (Å²) in [5.74, 6) is 0. The number of anilines is 5. The zero-order chi connectivity index (χ0) is 49.0. The molecule has 1 heterocycles. The molecule has 1 atom stereocenters. The number of para-hydroxylation sites is 4. The van der Waals surface area contributed by atoms with Crippen LogP contribution in [-0.4, -0.2) is 4.57 Å². The van der Waals surface area contributed by atoms with E-state index in [4.69, 9.17) is 0 Å². The van der Waals surface area contributed by atoms with Crippen molar-refractivity contribution in [2.24, 2.45) is 0 Å². The third-order valence-electron chi connectivity index (χ3n) is 15.1. The predicted molar refractivity (Wildman–Crippen MR) is 311 cm³/mol. The van der Waals surface area contributed by atoms with E-state index < -0.39 is 5.54 Å². The van der Waals surface area contributed by atoms with Crippen molar-refractivity contribution in [3.63, 3.8) is 0 Å². The summed E-state index contributed by atoms with van der Waals surface area (Å²) >= 11 is 0. The second kappa shape index (κ2) is 17.9. The molecule has 3 nitrogen and oxygen atoms in total. The fourth-order valence-electron chi connectivity index (χ4n) is 12.0. The van der Waals surface area contributed by atoms with Crippen molar-refractivity contribution in [1.29, 1.82) is 0 Å². The Hall–Kier alpha value is -9.70. The van der Waals surface area contributed by atoms with Crippen LogP contribution in [0.5, 0.6) is 0 Å². The van der Waals surface area contributed by atoms with Crippen molar-refractivity contribution in [3.05, 3.63) is 314 Å². The molecule has 13 aromatic rings. The highest BCUT2D eigenvalue weighted by Crippen LogP contribution is 2.59. The number of hydrogen-bond donors (Lipinski definition) is 0. The standard InChI is InChI=1S/C71H49N3/c1-6-24-51(25-7-1)60-37-22-38-61(52-26-8-2-9-27-52)70(60)73-68-40-21-19-36-64(68)65-46-44-59(49-69(65)73)72(57-42-41-50-23-16-17-28-53(50)47-57)58-43-45-63-62-35-18-20-39-66(62)71(67(63)48-58,54-29-10-3-11-30-54)74(55-31-12-4-13-32-55)56-33-14-5-15-34-56/h1-49H. The van der Waals surface area contributed by atoms with Crippen molar-refractivity contribution >= 4 is 61.0 Å². The van der Waals surface area contributed by atoms with Crippen molar-refractivity contribution in [3.8, 4) is 39.1 Å². The van der Waals surface area contributed by atoms with Gasteiger partial charge >= 0.3 is 0 Å². The molecule has 74 heavy (non-hydrogen) atoms. The first-order valence-corrected chi connectivity index (χ1v) is 25.5. The summed E-state index contributed by atoms with van der Waals surface area (Å²) in [6.45, 7) is 0. The van der Waals surface area contributed by atoms with Gasteiger partial charge in [-0.05, 0) is 116 Å². The van der Waals surface area contributed by atoms with Crippen LogP contribution in [0.25, 0.3) is 71.6 Å². The minimum Gasteiger partial charge on any atom is -0.323 e. The minimum absolute atomic E-state index is 0.772. The highest BCUT2D eigenvalue weighted by Gasteiger charge is 2.50. The Morgan fingerprint density at radius 2 is 0.770 bits per heavy atom. The molecule has 1 aromatic heterocycles. The molecule has 1 aliphatic carbocycles. The van der Waals surface area contributed by atoms with Gasteiger partial charge in [0.25, 0.3) is 0 Å². The van der Waals surface area contributed by atoms with Gasteiger partial charge in [-0.1, -0.05) is 231 Å². The number of aromatic nitrogens is 1. The zero-order valence-electron chi connectivity index (χ0n) is 40.6. The van der Waals surface area contributed by atoms with E-state index in [1.165, 1.54) is 71.6 Å². The Kier molecular flexibility index (Phi) is 10.4. The van der Waals surface area contributed by atoms with Gasteiger partial charge in [-0.2, -0.15) is 0 Å². The molecule has 0 bridgehead atoms. The molecule has 14 rings (SSSR count). The molecule has 0 saturated heterocycles. The fraction of sp³-hybridized carbons (Fsp3) is 0.0141. The van der Waals surface area contributed by atoms with E-state index in [-0.39, 0.29) is 0 Å². The summed E-state index contributed by atoms with van der Waals surface area (Å²) in [6, 6.07) is 109. The maximum absolute atomic E-state index is 2.57. The van der Waals surface area contributed by atoms with Gasteiger partial charge in [0.15, 0.2) is 0 Å². The number of fused-ring (bicyclic) bond motifs is 7. The molecule has 0 radical (unpaired) electrons. The molecular formula is C71H49N3. The number of nitrogens with zero attached hydrogens (tertiary/aromatic N) is 3. The second-order valence-corrected chi connectivity index (χ2v) is 19.2. The monoisotopic (exact) mass is 943 g/mol. The summed E-state index contributed by atoms with van der Waals surface area (Å²) in [7, 11) is 0. The predicted octanol–water partition coefficient (Wildman–Crippen LogP) is 18.9. The summed E-state index contributed by atoms with van der Waals surface area (Å²) in [5.41, 5.74) is 18.8. The lowest BCUT2D eigenvalue weighted by Gasteiger charge is -2.45. The Morgan fingerprint density at radius 3 is 1.46 bits per heavy atom. The van der Waals surface area contributed by atoms with Gasteiger partial charge in [-0.25, -0.2) is 0 Å². The van der Waals surface area contributed by atoms with E-state index in [1.807, 2.05) is 0 Å². The van der Waals surface area contributed by atoms with Crippen LogP contribution in [0, 0.1) is 0 Å². The fourth-order valence-corrected chi connectivity index (χ4v) is 12.0.